The summed E-state index contributed by atoms with van der Waals surface area (Å²) < 4.78 is 36.6. The number of aryl methyl sites for hydroxylation is 1. The second kappa shape index (κ2) is 11.7. The summed E-state index contributed by atoms with van der Waals surface area (Å²) in [5, 5.41) is 10.1. The Kier molecular flexibility index (Phi) is 7.84. The number of aromatic nitrogens is 3. The first-order chi connectivity index (χ1) is 20.3. The molecule has 2 fully saturated rings. The van der Waals surface area contributed by atoms with E-state index in [0.717, 1.165) is 58.6 Å². The van der Waals surface area contributed by atoms with E-state index in [1.54, 1.807) is 4.90 Å². The summed E-state index contributed by atoms with van der Waals surface area (Å²) in [6.45, 7) is 3.06. The fraction of sp³-hybridized carbons (Fsp3) is 0.424. The SMILES string of the molecule is Cc1ccc(COc2ccc3nc([C@H]4CCCCC4C(=O)O)n(Cc4cccc(N5CCCC(F)(F)C5)c4)c3c2)nc1. The molecule has 220 valence electrons. The number of carboxylic acids is 1. The minimum Gasteiger partial charge on any atom is -0.487 e. The average molecular weight is 575 g/mol. The number of ether oxygens (including phenoxy) is 1. The molecule has 0 amide bonds. The number of pyridine rings is 1. The highest BCUT2D eigenvalue weighted by atomic mass is 19.3. The van der Waals surface area contributed by atoms with Crippen molar-refractivity contribution in [1.82, 2.24) is 14.5 Å². The number of carbonyl (C=O) groups is 1. The zero-order chi connectivity index (χ0) is 29.3. The van der Waals surface area contributed by atoms with E-state index in [2.05, 4.69) is 9.55 Å². The molecule has 1 saturated carbocycles. The van der Waals surface area contributed by atoms with Gasteiger partial charge >= 0.3 is 5.97 Å². The number of imidazole rings is 1. The van der Waals surface area contributed by atoms with E-state index < -0.39 is 17.8 Å². The van der Waals surface area contributed by atoms with Gasteiger partial charge in [0, 0.05) is 43.4 Å². The van der Waals surface area contributed by atoms with Gasteiger partial charge in [-0.15, -0.1) is 0 Å². The van der Waals surface area contributed by atoms with Crippen molar-refractivity contribution in [3.8, 4) is 5.75 Å². The lowest BCUT2D eigenvalue weighted by molar-refractivity contribution is -0.143. The van der Waals surface area contributed by atoms with Gasteiger partial charge in [-0.2, -0.15) is 0 Å². The zero-order valence-corrected chi connectivity index (χ0v) is 23.8. The van der Waals surface area contributed by atoms with Crippen LogP contribution in [0.1, 0.15) is 67.1 Å². The van der Waals surface area contributed by atoms with Gasteiger partial charge in [0.25, 0.3) is 5.92 Å². The lowest BCUT2D eigenvalue weighted by Gasteiger charge is -2.34. The van der Waals surface area contributed by atoms with Crippen molar-refractivity contribution in [2.45, 2.75) is 70.4 Å². The van der Waals surface area contributed by atoms with E-state index in [4.69, 9.17) is 9.72 Å². The maximum absolute atomic E-state index is 14.2. The van der Waals surface area contributed by atoms with Gasteiger partial charge in [-0.3, -0.25) is 9.78 Å². The summed E-state index contributed by atoms with van der Waals surface area (Å²) >= 11 is 0. The van der Waals surface area contributed by atoms with Crippen molar-refractivity contribution >= 4 is 22.7 Å². The van der Waals surface area contributed by atoms with E-state index in [1.165, 1.54) is 0 Å². The molecule has 4 aromatic rings. The van der Waals surface area contributed by atoms with E-state index >= 15 is 0 Å². The highest BCUT2D eigenvalue weighted by Crippen LogP contribution is 2.40. The maximum atomic E-state index is 14.2. The highest BCUT2D eigenvalue weighted by molar-refractivity contribution is 5.79. The Bertz CT molecular complexity index is 1570. The Labute approximate surface area is 244 Å². The standard InChI is InChI=1S/C33H36F2N4O3/c1-22-10-11-24(36-18-22)20-42-26-12-13-29-30(17-26)39(31(37-29)27-8-2-3-9-28(27)32(40)41)19-23-6-4-7-25(16-23)38-15-5-14-33(34,35)21-38/h4,6-7,10-13,16-18,27-28H,2-3,5,8-9,14-15,19-21H2,1H3,(H,40,41)/t27-,28?/m0/s1. The minimum atomic E-state index is -2.70. The first kappa shape index (κ1) is 28.1. The van der Waals surface area contributed by atoms with Crippen LogP contribution in [-0.2, 0) is 17.9 Å². The molecule has 2 aromatic carbocycles. The lowest BCUT2D eigenvalue weighted by Crippen LogP contribution is -2.42. The molecule has 1 N–H and O–H groups in total. The number of halogens is 2. The topological polar surface area (TPSA) is 80.5 Å². The Morgan fingerprint density at radius 1 is 1.10 bits per heavy atom. The third-order valence-corrected chi connectivity index (χ3v) is 8.53. The largest absolute Gasteiger partial charge is 0.487 e. The van der Waals surface area contributed by atoms with E-state index in [0.29, 0.717) is 38.3 Å². The maximum Gasteiger partial charge on any atom is 0.307 e. The summed E-state index contributed by atoms with van der Waals surface area (Å²) in [4.78, 5) is 23.4. The quantitative estimate of drug-likeness (QED) is 0.245. The molecular weight excluding hydrogens is 538 g/mol. The molecule has 0 spiro atoms. The Hall–Kier alpha value is -4.01. The van der Waals surface area contributed by atoms with Crippen LogP contribution in [0.15, 0.2) is 60.8 Å². The minimum absolute atomic E-state index is 0.0793. The van der Waals surface area contributed by atoms with Gasteiger partial charge in [-0.1, -0.05) is 31.0 Å². The van der Waals surface area contributed by atoms with Gasteiger partial charge in [0.2, 0.25) is 0 Å². The van der Waals surface area contributed by atoms with Crippen LogP contribution < -0.4 is 9.64 Å². The average Bonchev–Trinajstić information content (AvgIpc) is 3.33. The molecule has 0 bridgehead atoms. The molecule has 7 nitrogen and oxygen atoms in total. The van der Waals surface area contributed by atoms with E-state index in [9.17, 15) is 18.7 Å². The van der Waals surface area contributed by atoms with Gasteiger partial charge < -0.3 is 19.3 Å². The van der Waals surface area contributed by atoms with Crippen molar-refractivity contribution in [1.29, 1.82) is 0 Å². The first-order valence-electron chi connectivity index (χ1n) is 14.7. The molecule has 42 heavy (non-hydrogen) atoms. The number of fused-ring (bicyclic) bond motifs is 1. The second-order valence-electron chi connectivity index (χ2n) is 11.7. The molecule has 1 saturated heterocycles. The molecule has 2 atom stereocenters. The number of aliphatic carboxylic acids is 1. The molecule has 9 heteroatoms. The molecule has 3 heterocycles. The summed E-state index contributed by atoms with van der Waals surface area (Å²) in [6.07, 6.45) is 5.41. The summed E-state index contributed by atoms with van der Waals surface area (Å²) in [7, 11) is 0. The van der Waals surface area contributed by atoms with Gasteiger partial charge in [0.15, 0.2) is 0 Å². The Balaban J connectivity index is 1.35. The Morgan fingerprint density at radius 3 is 2.74 bits per heavy atom. The van der Waals surface area contributed by atoms with E-state index in [-0.39, 0.29) is 18.9 Å². The molecule has 2 aromatic heterocycles. The number of anilines is 1. The number of carboxylic acid groups (broad SMARTS) is 1. The molecular formula is C33H36F2N4O3. The van der Waals surface area contributed by atoms with Crippen LogP contribution in [-0.4, -0.2) is 44.6 Å². The third kappa shape index (κ3) is 6.10. The molecule has 1 aliphatic carbocycles. The Morgan fingerprint density at radius 2 is 1.95 bits per heavy atom. The van der Waals surface area contributed by atoms with Crippen LogP contribution >= 0.6 is 0 Å². The predicted molar refractivity (Wildman–Crippen MR) is 157 cm³/mol. The van der Waals surface area contributed by atoms with Crippen molar-refractivity contribution < 1.29 is 23.4 Å². The molecule has 1 aliphatic heterocycles. The van der Waals surface area contributed by atoms with Crippen LogP contribution in [0.2, 0.25) is 0 Å². The highest BCUT2D eigenvalue weighted by Gasteiger charge is 2.36. The number of alkyl halides is 2. The van der Waals surface area contributed by atoms with Crippen LogP contribution in [0.4, 0.5) is 14.5 Å². The first-order valence-corrected chi connectivity index (χ1v) is 14.7. The van der Waals surface area contributed by atoms with Crippen LogP contribution in [0.3, 0.4) is 0 Å². The zero-order valence-electron chi connectivity index (χ0n) is 23.8. The van der Waals surface area contributed by atoms with Crippen molar-refractivity contribution in [3.63, 3.8) is 0 Å². The smallest absolute Gasteiger partial charge is 0.307 e. The van der Waals surface area contributed by atoms with Gasteiger partial charge in [0.1, 0.15) is 18.2 Å². The fourth-order valence-electron chi connectivity index (χ4n) is 6.36. The van der Waals surface area contributed by atoms with Crippen LogP contribution in [0, 0.1) is 12.8 Å². The normalized spacial score (nSPS) is 20.5. The number of nitrogens with zero attached hydrogens (tertiary/aromatic N) is 4. The number of hydrogen-bond acceptors (Lipinski definition) is 5. The molecule has 0 radical (unpaired) electrons. The fourth-order valence-corrected chi connectivity index (χ4v) is 6.36. The van der Waals surface area contributed by atoms with Gasteiger partial charge in [-0.05, 0) is 67.6 Å². The van der Waals surface area contributed by atoms with Crippen LogP contribution in [0.5, 0.6) is 5.75 Å². The second-order valence-corrected chi connectivity index (χ2v) is 11.7. The van der Waals surface area contributed by atoms with E-state index in [1.807, 2.05) is 67.7 Å². The lowest BCUT2D eigenvalue weighted by atomic mass is 9.78. The summed E-state index contributed by atoms with van der Waals surface area (Å²) in [6, 6.07) is 17.4. The number of piperidine rings is 1. The third-order valence-electron chi connectivity index (χ3n) is 8.53. The van der Waals surface area contributed by atoms with Gasteiger partial charge in [0.05, 0.1) is 29.2 Å². The van der Waals surface area contributed by atoms with Gasteiger partial charge in [-0.25, -0.2) is 13.8 Å². The summed E-state index contributed by atoms with van der Waals surface area (Å²) in [5.74, 6) is -2.78. The van der Waals surface area contributed by atoms with Crippen LogP contribution in [0.25, 0.3) is 11.0 Å². The monoisotopic (exact) mass is 574 g/mol. The van der Waals surface area contributed by atoms with Crippen molar-refractivity contribution in [2.24, 2.45) is 5.92 Å². The predicted octanol–water partition coefficient (Wildman–Crippen LogP) is 6.96. The number of hydrogen-bond donors (Lipinski definition) is 1. The molecule has 1 unspecified atom stereocenters. The van der Waals surface area contributed by atoms with Crippen molar-refractivity contribution in [2.75, 3.05) is 18.0 Å². The molecule has 6 rings (SSSR count). The number of rotatable bonds is 8. The summed E-state index contributed by atoms with van der Waals surface area (Å²) in [5.41, 5.74) is 5.24. The number of benzene rings is 2. The van der Waals surface area contributed by atoms with Crippen molar-refractivity contribution in [3.05, 3.63) is 83.4 Å². The molecule has 2 aliphatic rings.